The molecule has 0 radical (unpaired) electrons. The van der Waals surface area contributed by atoms with Crippen LogP contribution >= 0.6 is 0 Å². The molecule has 1 aromatic rings. The third kappa shape index (κ3) is 5.37. The zero-order chi connectivity index (χ0) is 18.4. The van der Waals surface area contributed by atoms with Gasteiger partial charge >= 0.3 is 5.97 Å². The number of hydrogen-bond donors (Lipinski definition) is 2. The van der Waals surface area contributed by atoms with Gasteiger partial charge in [0.2, 0.25) is 5.91 Å². The van der Waals surface area contributed by atoms with Crippen molar-refractivity contribution in [1.82, 2.24) is 10.2 Å². The highest BCUT2D eigenvalue weighted by molar-refractivity contribution is 5.94. The Labute approximate surface area is 142 Å². The molecule has 2 unspecified atom stereocenters. The second-order valence-corrected chi connectivity index (χ2v) is 6.43. The number of carbonyl (C=O) groups excluding carboxylic acids is 2. The van der Waals surface area contributed by atoms with Crippen LogP contribution in [0, 0.1) is 11.8 Å². The zero-order valence-electron chi connectivity index (χ0n) is 14.9. The van der Waals surface area contributed by atoms with E-state index in [0.29, 0.717) is 12.1 Å². The number of nitrogens with one attached hydrogen (secondary N) is 1. The monoisotopic (exact) mass is 334 g/mol. The van der Waals surface area contributed by atoms with Crippen LogP contribution in [0.3, 0.4) is 0 Å². The number of carboxylic acid groups (broad SMARTS) is 1. The topological polar surface area (TPSA) is 86.7 Å². The fourth-order valence-electron chi connectivity index (χ4n) is 2.18. The molecule has 2 N–H and O–H groups in total. The summed E-state index contributed by atoms with van der Waals surface area (Å²) in [5.41, 5.74) is 1.39. The van der Waals surface area contributed by atoms with Gasteiger partial charge in [0, 0.05) is 31.1 Å². The number of amides is 2. The lowest BCUT2D eigenvalue weighted by molar-refractivity contribution is -0.141. The predicted octanol–water partition coefficient (Wildman–Crippen LogP) is 2.14. The van der Waals surface area contributed by atoms with Crippen molar-refractivity contribution in [1.29, 1.82) is 0 Å². The highest BCUT2D eigenvalue weighted by Crippen LogP contribution is 2.10. The quantitative estimate of drug-likeness (QED) is 0.800. The standard InChI is InChI=1S/C18H26N2O4/c1-11(2)17(22)20(5)10-14-6-8-15(9-7-14)16(21)19-13(4)12(3)18(23)24/h6-9,11-13H,10H2,1-5H3,(H,19,21)(H,23,24). The predicted molar refractivity (Wildman–Crippen MR) is 91.5 cm³/mol. The Balaban J connectivity index is 2.68. The van der Waals surface area contributed by atoms with E-state index in [4.69, 9.17) is 5.11 Å². The average Bonchev–Trinajstić information content (AvgIpc) is 2.53. The van der Waals surface area contributed by atoms with E-state index in [-0.39, 0.29) is 17.7 Å². The van der Waals surface area contributed by atoms with Gasteiger partial charge < -0.3 is 15.3 Å². The molecule has 1 aromatic carbocycles. The average molecular weight is 334 g/mol. The van der Waals surface area contributed by atoms with Gasteiger partial charge in [-0.05, 0) is 31.5 Å². The van der Waals surface area contributed by atoms with Gasteiger partial charge in [0.1, 0.15) is 0 Å². The van der Waals surface area contributed by atoms with Crippen LogP contribution in [-0.4, -0.2) is 40.9 Å². The lowest BCUT2D eigenvalue weighted by Gasteiger charge is -2.20. The summed E-state index contributed by atoms with van der Waals surface area (Å²) < 4.78 is 0. The number of nitrogens with zero attached hydrogens (tertiary/aromatic N) is 1. The fraction of sp³-hybridized carbons (Fsp3) is 0.500. The Morgan fingerprint density at radius 1 is 1.08 bits per heavy atom. The van der Waals surface area contributed by atoms with Gasteiger partial charge in [-0.15, -0.1) is 0 Å². The van der Waals surface area contributed by atoms with E-state index >= 15 is 0 Å². The van der Waals surface area contributed by atoms with Crippen molar-refractivity contribution in [2.75, 3.05) is 7.05 Å². The van der Waals surface area contributed by atoms with Crippen LogP contribution in [0.4, 0.5) is 0 Å². The summed E-state index contributed by atoms with van der Waals surface area (Å²) in [7, 11) is 1.75. The molecule has 1 rings (SSSR count). The molecular weight excluding hydrogens is 308 g/mol. The van der Waals surface area contributed by atoms with E-state index in [1.807, 2.05) is 13.8 Å². The van der Waals surface area contributed by atoms with Crippen LogP contribution in [0.1, 0.15) is 43.6 Å². The molecule has 0 heterocycles. The number of carboxylic acids is 1. The summed E-state index contributed by atoms with van der Waals surface area (Å²) in [6, 6.07) is 6.48. The Hall–Kier alpha value is -2.37. The minimum absolute atomic E-state index is 0.0576. The molecule has 2 amide bonds. The van der Waals surface area contributed by atoms with Gasteiger partial charge in [0.05, 0.1) is 5.92 Å². The largest absolute Gasteiger partial charge is 0.481 e. The summed E-state index contributed by atoms with van der Waals surface area (Å²) in [6.45, 7) is 7.40. The molecule has 0 saturated heterocycles. The van der Waals surface area contributed by atoms with Crippen molar-refractivity contribution < 1.29 is 19.5 Å². The van der Waals surface area contributed by atoms with Gasteiger partial charge in [0.15, 0.2) is 0 Å². The molecule has 6 nitrogen and oxygen atoms in total. The van der Waals surface area contributed by atoms with Crippen molar-refractivity contribution in [2.24, 2.45) is 11.8 Å². The van der Waals surface area contributed by atoms with Crippen molar-refractivity contribution >= 4 is 17.8 Å². The number of benzene rings is 1. The third-order valence-electron chi connectivity index (χ3n) is 4.00. The molecule has 0 saturated carbocycles. The summed E-state index contributed by atoms with van der Waals surface area (Å²) >= 11 is 0. The highest BCUT2D eigenvalue weighted by atomic mass is 16.4. The van der Waals surface area contributed by atoms with Crippen LogP contribution in [0.2, 0.25) is 0 Å². The van der Waals surface area contributed by atoms with Crippen molar-refractivity contribution in [3.05, 3.63) is 35.4 Å². The van der Waals surface area contributed by atoms with Gasteiger partial charge in [-0.1, -0.05) is 26.0 Å². The summed E-state index contributed by atoms with van der Waals surface area (Å²) in [4.78, 5) is 36.6. The van der Waals surface area contributed by atoms with Gasteiger partial charge in [-0.3, -0.25) is 14.4 Å². The Kier molecular flexibility index (Phi) is 6.95. The van der Waals surface area contributed by atoms with Crippen LogP contribution in [-0.2, 0) is 16.1 Å². The molecule has 0 spiro atoms. The Morgan fingerprint density at radius 2 is 1.62 bits per heavy atom. The molecular formula is C18H26N2O4. The first-order valence-corrected chi connectivity index (χ1v) is 8.01. The number of hydrogen-bond acceptors (Lipinski definition) is 3. The zero-order valence-corrected chi connectivity index (χ0v) is 14.9. The van der Waals surface area contributed by atoms with E-state index in [1.54, 1.807) is 50.1 Å². The second-order valence-electron chi connectivity index (χ2n) is 6.43. The van der Waals surface area contributed by atoms with E-state index in [9.17, 15) is 14.4 Å². The molecule has 0 aliphatic rings. The molecule has 24 heavy (non-hydrogen) atoms. The molecule has 0 aromatic heterocycles. The molecule has 0 fully saturated rings. The fourth-order valence-corrected chi connectivity index (χ4v) is 2.18. The van der Waals surface area contributed by atoms with Crippen molar-refractivity contribution in [2.45, 2.75) is 40.3 Å². The number of rotatable bonds is 7. The lowest BCUT2D eigenvalue weighted by atomic mass is 10.0. The first-order chi connectivity index (χ1) is 11.1. The van der Waals surface area contributed by atoms with E-state index in [2.05, 4.69) is 5.32 Å². The minimum atomic E-state index is -0.948. The minimum Gasteiger partial charge on any atom is -0.481 e. The normalized spacial score (nSPS) is 13.2. The van der Waals surface area contributed by atoms with E-state index in [0.717, 1.165) is 5.56 Å². The maximum atomic E-state index is 12.1. The maximum absolute atomic E-state index is 12.1. The molecule has 132 valence electrons. The maximum Gasteiger partial charge on any atom is 0.308 e. The number of aliphatic carboxylic acids is 1. The van der Waals surface area contributed by atoms with Crippen molar-refractivity contribution in [3.63, 3.8) is 0 Å². The lowest BCUT2D eigenvalue weighted by Crippen LogP contribution is -2.40. The van der Waals surface area contributed by atoms with Gasteiger partial charge in [-0.2, -0.15) is 0 Å². The van der Waals surface area contributed by atoms with Crippen LogP contribution in [0.25, 0.3) is 0 Å². The molecule has 2 atom stereocenters. The Morgan fingerprint density at radius 3 is 2.08 bits per heavy atom. The first-order valence-electron chi connectivity index (χ1n) is 8.01. The first kappa shape index (κ1) is 19.7. The Bertz CT molecular complexity index is 596. The highest BCUT2D eigenvalue weighted by Gasteiger charge is 2.21. The van der Waals surface area contributed by atoms with Crippen LogP contribution in [0.5, 0.6) is 0 Å². The van der Waals surface area contributed by atoms with Gasteiger partial charge in [-0.25, -0.2) is 0 Å². The second kappa shape index (κ2) is 8.47. The molecule has 0 aliphatic carbocycles. The molecule has 0 bridgehead atoms. The van der Waals surface area contributed by atoms with Gasteiger partial charge in [0.25, 0.3) is 5.91 Å². The SMILES string of the molecule is CC(C)C(=O)N(C)Cc1ccc(C(=O)NC(C)C(C)C(=O)O)cc1. The summed E-state index contributed by atoms with van der Waals surface area (Å²) in [5.74, 6) is -1.92. The number of carbonyl (C=O) groups is 3. The van der Waals surface area contributed by atoms with E-state index in [1.165, 1.54) is 0 Å². The smallest absolute Gasteiger partial charge is 0.308 e. The summed E-state index contributed by atoms with van der Waals surface area (Å²) in [5, 5.41) is 11.6. The van der Waals surface area contributed by atoms with Crippen LogP contribution < -0.4 is 5.32 Å². The van der Waals surface area contributed by atoms with E-state index < -0.39 is 17.9 Å². The molecule has 6 heteroatoms. The van der Waals surface area contributed by atoms with Crippen molar-refractivity contribution in [3.8, 4) is 0 Å². The van der Waals surface area contributed by atoms with Crippen LogP contribution in [0.15, 0.2) is 24.3 Å². The molecule has 0 aliphatic heterocycles. The summed E-state index contributed by atoms with van der Waals surface area (Å²) in [6.07, 6.45) is 0. The third-order valence-corrected chi connectivity index (χ3v) is 4.00.